The molecule has 7 heteroatoms. The van der Waals surface area contributed by atoms with Crippen molar-refractivity contribution in [2.45, 2.75) is 12.8 Å². The summed E-state index contributed by atoms with van der Waals surface area (Å²) in [5, 5.41) is 4.84. The van der Waals surface area contributed by atoms with E-state index in [0.717, 1.165) is 10.2 Å². The molecule has 1 heterocycles. The molecule has 0 radical (unpaired) electrons. The monoisotopic (exact) mass is 350 g/mol. The van der Waals surface area contributed by atoms with Gasteiger partial charge in [-0.1, -0.05) is 48.5 Å². The highest BCUT2D eigenvalue weighted by molar-refractivity contribution is 6.05. The second kappa shape index (κ2) is 7.60. The average Bonchev–Trinajstić information content (AvgIpc) is 2.68. The highest BCUT2D eigenvalue weighted by atomic mass is 16.2. The number of hydrogen-bond acceptors (Lipinski definition) is 4. The van der Waals surface area contributed by atoms with Gasteiger partial charge in [-0.3, -0.25) is 25.2 Å². The Hall–Kier alpha value is -3.48. The van der Waals surface area contributed by atoms with Crippen molar-refractivity contribution in [3.05, 3.63) is 76.2 Å². The van der Waals surface area contributed by atoms with Gasteiger partial charge in [0.2, 0.25) is 5.91 Å². The van der Waals surface area contributed by atoms with Crippen LogP contribution in [0.4, 0.5) is 0 Å². The Bertz CT molecular complexity index is 1010. The summed E-state index contributed by atoms with van der Waals surface area (Å²) < 4.78 is 1.11. The summed E-state index contributed by atoms with van der Waals surface area (Å²) in [5.74, 6) is -0.888. The lowest BCUT2D eigenvalue weighted by atomic mass is 10.1. The van der Waals surface area contributed by atoms with Crippen LogP contribution in [0, 0.1) is 0 Å². The molecule has 0 aliphatic carbocycles. The number of aryl methyl sites for hydroxylation is 2. The van der Waals surface area contributed by atoms with Crippen molar-refractivity contribution in [1.29, 1.82) is 0 Å². The number of nitrogens with one attached hydrogen (secondary N) is 2. The third-order valence-corrected chi connectivity index (χ3v) is 3.97. The summed E-state index contributed by atoms with van der Waals surface area (Å²) in [4.78, 5) is 36.4. The number of rotatable bonds is 4. The maximum Gasteiger partial charge on any atom is 0.290 e. The average molecular weight is 350 g/mol. The highest BCUT2D eigenvalue weighted by Gasteiger charge is 2.16. The Kier molecular flexibility index (Phi) is 5.07. The third kappa shape index (κ3) is 3.77. The Morgan fingerprint density at radius 2 is 1.62 bits per heavy atom. The Balaban J connectivity index is 1.67. The number of hydrogen-bond donors (Lipinski definition) is 2. The molecule has 0 aliphatic rings. The topological polar surface area (TPSA) is 93.1 Å². The van der Waals surface area contributed by atoms with Gasteiger partial charge in [0.15, 0.2) is 5.69 Å². The number of nitrogens with zero attached hydrogens (tertiary/aromatic N) is 2. The van der Waals surface area contributed by atoms with E-state index in [1.165, 1.54) is 7.05 Å². The van der Waals surface area contributed by atoms with Crippen molar-refractivity contribution in [2.24, 2.45) is 7.05 Å². The lowest BCUT2D eigenvalue weighted by Crippen LogP contribution is -2.42. The maximum atomic E-state index is 12.4. The van der Waals surface area contributed by atoms with Gasteiger partial charge in [0.1, 0.15) is 0 Å². The lowest BCUT2D eigenvalue weighted by molar-refractivity contribution is -0.121. The summed E-state index contributed by atoms with van der Waals surface area (Å²) >= 11 is 0. The molecule has 0 spiro atoms. The van der Waals surface area contributed by atoms with Gasteiger partial charge < -0.3 is 0 Å². The molecular formula is C19H18N4O3. The molecule has 7 nitrogen and oxygen atoms in total. The van der Waals surface area contributed by atoms with Crippen molar-refractivity contribution in [3.8, 4) is 0 Å². The summed E-state index contributed by atoms with van der Waals surface area (Å²) in [5.41, 5.74) is 5.57. The molecule has 0 aliphatic heterocycles. The zero-order valence-corrected chi connectivity index (χ0v) is 14.2. The third-order valence-electron chi connectivity index (χ3n) is 3.97. The van der Waals surface area contributed by atoms with E-state index in [-0.39, 0.29) is 23.6 Å². The number of fused-ring (bicyclic) bond motifs is 1. The minimum absolute atomic E-state index is 0.0751. The van der Waals surface area contributed by atoms with Crippen molar-refractivity contribution >= 4 is 22.6 Å². The second-order valence-electron chi connectivity index (χ2n) is 5.81. The number of carbonyl (C=O) groups is 2. The van der Waals surface area contributed by atoms with Gasteiger partial charge in [-0.05, 0) is 18.1 Å². The molecule has 0 fully saturated rings. The van der Waals surface area contributed by atoms with E-state index in [4.69, 9.17) is 0 Å². The first-order valence-electron chi connectivity index (χ1n) is 8.15. The predicted molar refractivity (Wildman–Crippen MR) is 97.4 cm³/mol. The van der Waals surface area contributed by atoms with E-state index >= 15 is 0 Å². The molecule has 132 valence electrons. The number of benzene rings is 2. The van der Waals surface area contributed by atoms with Crippen LogP contribution < -0.4 is 16.4 Å². The normalized spacial score (nSPS) is 10.5. The number of amides is 2. The van der Waals surface area contributed by atoms with Gasteiger partial charge >= 0.3 is 0 Å². The van der Waals surface area contributed by atoms with E-state index < -0.39 is 5.91 Å². The highest BCUT2D eigenvalue weighted by Crippen LogP contribution is 2.12. The number of aromatic nitrogens is 2. The van der Waals surface area contributed by atoms with Crippen LogP contribution in [0.5, 0.6) is 0 Å². The van der Waals surface area contributed by atoms with E-state index in [0.29, 0.717) is 17.2 Å². The van der Waals surface area contributed by atoms with Crippen LogP contribution in [-0.4, -0.2) is 21.6 Å². The van der Waals surface area contributed by atoms with E-state index in [2.05, 4.69) is 16.0 Å². The molecule has 0 saturated carbocycles. The fraction of sp³-hybridized carbons (Fsp3) is 0.158. The molecule has 0 saturated heterocycles. The van der Waals surface area contributed by atoms with Gasteiger partial charge in [-0.2, -0.15) is 5.10 Å². The quantitative estimate of drug-likeness (QED) is 0.694. The molecule has 3 aromatic rings. The molecule has 0 atom stereocenters. The maximum absolute atomic E-state index is 12.4. The minimum atomic E-state index is -0.579. The van der Waals surface area contributed by atoms with Crippen LogP contribution in [0.1, 0.15) is 22.5 Å². The van der Waals surface area contributed by atoms with E-state index in [1.807, 2.05) is 30.3 Å². The van der Waals surface area contributed by atoms with Gasteiger partial charge in [-0.15, -0.1) is 0 Å². The van der Waals surface area contributed by atoms with Crippen LogP contribution in [-0.2, 0) is 18.3 Å². The zero-order valence-electron chi connectivity index (χ0n) is 14.2. The van der Waals surface area contributed by atoms with Gasteiger partial charge in [0.25, 0.3) is 11.5 Å². The molecular weight excluding hydrogens is 332 g/mol. The number of carbonyl (C=O) groups excluding carboxylic acids is 2. The fourth-order valence-corrected chi connectivity index (χ4v) is 2.62. The SMILES string of the molecule is Cn1nc(C(=O)NNC(=O)CCc2ccccc2)c2ccccc2c1=O. The van der Waals surface area contributed by atoms with Crippen molar-refractivity contribution < 1.29 is 9.59 Å². The van der Waals surface area contributed by atoms with Crippen LogP contribution in [0.3, 0.4) is 0 Å². The van der Waals surface area contributed by atoms with Gasteiger partial charge in [0.05, 0.1) is 5.39 Å². The molecule has 1 aromatic heterocycles. The van der Waals surface area contributed by atoms with Crippen LogP contribution >= 0.6 is 0 Å². The number of hydrazine groups is 1. The minimum Gasteiger partial charge on any atom is -0.273 e. The molecule has 0 unspecified atom stereocenters. The van der Waals surface area contributed by atoms with E-state index in [1.54, 1.807) is 24.3 Å². The van der Waals surface area contributed by atoms with Crippen molar-refractivity contribution in [2.75, 3.05) is 0 Å². The summed E-state index contributed by atoms with van der Waals surface area (Å²) in [6.45, 7) is 0. The summed E-state index contributed by atoms with van der Waals surface area (Å²) in [7, 11) is 1.48. The van der Waals surface area contributed by atoms with Crippen LogP contribution in [0.2, 0.25) is 0 Å². The molecule has 2 N–H and O–H groups in total. The summed E-state index contributed by atoms with van der Waals surface area (Å²) in [6.07, 6.45) is 0.815. The van der Waals surface area contributed by atoms with E-state index in [9.17, 15) is 14.4 Å². The van der Waals surface area contributed by atoms with Gasteiger partial charge in [0, 0.05) is 18.9 Å². The Morgan fingerprint density at radius 3 is 2.35 bits per heavy atom. The van der Waals surface area contributed by atoms with Crippen LogP contribution in [0.15, 0.2) is 59.4 Å². The summed E-state index contributed by atoms with van der Waals surface area (Å²) in [6, 6.07) is 16.3. The van der Waals surface area contributed by atoms with Gasteiger partial charge in [-0.25, -0.2) is 4.68 Å². The molecule has 3 rings (SSSR count). The smallest absolute Gasteiger partial charge is 0.273 e. The predicted octanol–water partition coefficient (Wildman–Crippen LogP) is 1.33. The molecule has 2 aromatic carbocycles. The lowest BCUT2D eigenvalue weighted by Gasteiger charge is -2.10. The van der Waals surface area contributed by atoms with Crippen molar-refractivity contribution in [3.63, 3.8) is 0 Å². The fourth-order valence-electron chi connectivity index (χ4n) is 2.62. The first-order chi connectivity index (χ1) is 12.6. The second-order valence-corrected chi connectivity index (χ2v) is 5.81. The first kappa shape index (κ1) is 17.3. The molecule has 26 heavy (non-hydrogen) atoms. The largest absolute Gasteiger partial charge is 0.290 e. The standard InChI is InChI=1S/C19H18N4O3/c1-23-19(26)15-10-6-5-9-14(15)17(22-23)18(25)21-20-16(24)12-11-13-7-3-2-4-8-13/h2-10H,11-12H2,1H3,(H,20,24)(H,21,25). The first-order valence-corrected chi connectivity index (χ1v) is 8.15. The molecule has 0 bridgehead atoms. The Morgan fingerprint density at radius 1 is 0.962 bits per heavy atom. The zero-order chi connectivity index (χ0) is 18.5. The Labute approximate surface area is 149 Å². The molecule has 2 amide bonds. The van der Waals surface area contributed by atoms with Crippen molar-refractivity contribution in [1.82, 2.24) is 20.6 Å². The van der Waals surface area contributed by atoms with Crippen LogP contribution in [0.25, 0.3) is 10.8 Å².